The van der Waals surface area contributed by atoms with Gasteiger partial charge in [-0.15, -0.1) is 0 Å². The highest BCUT2D eigenvalue weighted by Crippen LogP contribution is 2.23. The fourth-order valence-corrected chi connectivity index (χ4v) is 1.65. The van der Waals surface area contributed by atoms with E-state index in [2.05, 4.69) is 15.3 Å². The summed E-state index contributed by atoms with van der Waals surface area (Å²) in [6.45, 7) is 3.87. The topological polar surface area (TPSA) is 37.8 Å². The third-order valence-corrected chi connectivity index (χ3v) is 2.43. The smallest absolute Gasteiger partial charge is 0.227 e. The first-order chi connectivity index (χ1) is 7.65. The molecule has 0 spiro atoms. The van der Waals surface area contributed by atoms with E-state index >= 15 is 0 Å². The van der Waals surface area contributed by atoms with Crippen LogP contribution < -0.4 is 17.7 Å². The van der Waals surface area contributed by atoms with E-state index in [4.69, 9.17) is 11.6 Å². The first kappa shape index (κ1) is 13.7. The lowest BCUT2D eigenvalue weighted by atomic mass is 10.3. The van der Waals surface area contributed by atoms with Crippen LogP contribution in [0.5, 0.6) is 0 Å². The molecule has 0 amide bonds. The van der Waals surface area contributed by atoms with E-state index in [-0.39, 0.29) is 12.4 Å². The van der Waals surface area contributed by atoms with Crippen molar-refractivity contribution in [3.05, 3.63) is 46.7 Å². The number of anilines is 2. The van der Waals surface area contributed by atoms with Gasteiger partial charge in [0.25, 0.3) is 0 Å². The van der Waals surface area contributed by atoms with Crippen molar-refractivity contribution in [1.82, 2.24) is 9.97 Å². The zero-order valence-electron chi connectivity index (χ0n) is 9.54. The summed E-state index contributed by atoms with van der Waals surface area (Å²) in [5.74, 6) is 0.575. The van der Waals surface area contributed by atoms with Gasteiger partial charge in [0, 0.05) is 11.4 Å². The lowest BCUT2D eigenvalue weighted by Crippen LogP contribution is -3.00. The van der Waals surface area contributed by atoms with Crippen LogP contribution in [0.1, 0.15) is 11.4 Å². The first-order valence-electron chi connectivity index (χ1n) is 4.99. The quantitative estimate of drug-likeness (QED) is 0.862. The Kier molecular flexibility index (Phi) is 4.73. The van der Waals surface area contributed by atoms with Crippen LogP contribution in [-0.4, -0.2) is 9.97 Å². The van der Waals surface area contributed by atoms with Gasteiger partial charge in [-0.2, -0.15) is 0 Å². The van der Waals surface area contributed by atoms with Gasteiger partial charge in [-0.3, -0.25) is 0 Å². The van der Waals surface area contributed by atoms with Crippen molar-refractivity contribution >= 4 is 23.2 Å². The summed E-state index contributed by atoms with van der Waals surface area (Å²) in [7, 11) is 0. The number of nitrogens with zero attached hydrogens (tertiary/aromatic N) is 2. The van der Waals surface area contributed by atoms with E-state index in [9.17, 15) is 0 Å². The minimum atomic E-state index is 0. The summed E-state index contributed by atoms with van der Waals surface area (Å²) in [5.41, 5.74) is 2.68. The van der Waals surface area contributed by atoms with Crippen LogP contribution in [0.25, 0.3) is 0 Å². The molecule has 0 bridgehead atoms. The highest BCUT2D eigenvalue weighted by atomic mass is 35.5. The average Bonchev–Trinajstić information content (AvgIpc) is 2.20. The molecule has 0 atom stereocenters. The van der Waals surface area contributed by atoms with E-state index in [1.807, 2.05) is 44.2 Å². The molecule has 1 aromatic heterocycles. The molecule has 0 unspecified atom stereocenters. The van der Waals surface area contributed by atoms with Gasteiger partial charge in [0.2, 0.25) is 5.95 Å². The summed E-state index contributed by atoms with van der Waals surface area (Å²) < 4.78 is 0. The molecule has 0 fully saturated rings. The maximum atomic E-state index is 6.04. The number of benzene rings is 1. The molecule has 0 saturated carbocycles. The number of halogens is 2. The predicted molar refractivity (Wildman–Crippen MR) is 66.2 cm³/mol. The predicted octanol–water partition coefficient (Wildman–Crippen LogP) is 0.494. The van der Waals surface area contributed by atoms with Crippen LogP contribution in [0, 0.1) is 13.8 Å². The Bertz CT molecular complexity index is 495. The van der Waals surface area contributed by atoms with E-state index < -0.39 is 0 Å². The fourth-order valence-electron chi connectivity index (χ4n) is 1.46. The van der Waals surface area contributed by atoms with Crippen LogP contribution in [0.4, 0.5) is 11.6 Å². The van der Waals surface area contributed by atoms with Crippen LogP contribution in [-0.2, 0) is 0 Å². The molecule has 2 rings (SSSR count). The second-order valence-corrected chi connectivity index (χ2v) is 3.99. The summed E-state index contributed by atoms with van der Waals surface area (Å²) in [4.78, 5) is 8.58. The van der Waals surface area contributed by atoms with E-state index in [0.717, 1.165) is 17.1 Å². The molecule has 1 aromatic carbocycles. The van der Waals surface area contributed by atoms with E-state index in [1.165, 1.54) is 0 Å². The van der Waals surface area contributed by atoms with Gasteiger partial charge in [0.1, 0.15) is 0 Å². The molecule has 5 heteroatoms. The molecule has 2 aromatic rings. The summed E-state index contributed by atoms with van der Waals surface area (Å²) in [5, 5.41) is 3.76. The lowest BCUT2D eigenvalue weighted by Gasteiger charge is -2.07. The molecule has 90 valence electrons. The highest BCUT2D eigenvalue weighted by molar-refractivity contribution is 6.33. The molecule has 3 nitrogen and oxygen atoms in total. The van der Waals surface area contributed by atoms with Gasteiger partial charge in [-0.1, -0.05) is 23.7 Å². The zero-order chi connectivity index (χ0) is 11.5. The van der Waals surface area contributed by atoms with Crippen molar-refractivity contribution in [2.75, 3.05) is 5.32 Å². The molecular weight excluding hydrogens is 257 g/mol. The Morgan fingerprint density at radius 3 is 2.24 bits per heavy atom. The molecule has 0 saturated heterocycles. The second kappa shape index (κ2) is 5.84. The number of nitrogens with one attached hydrogen (secondary N) is 1. The van der Waals surface area contributed by atoms with Crippen molar-refractivity contribution in [2.45, 2.75) is 13.8 Å². The molecular formula is C12H12Cl2N3-. The van der Waals surface area contributed by atoms with Crippen molar-refractivity contribution < 1.29 is 12.4 Å². The Hall–Kier alpha value is -1.32. The number of rotatable bonds is 2. The molecule has 0 aliphatic heterocycles. The number of aryl methyl sites for hydroxylation is 2. The van der Waals surface area contributed by atoms with Crippen LogP contribution in [0.3, 0.4) is 0 Å². The maximum Gasteiger partial charge on any atom is 0.227 e. The summed E-state index contributed by atoms with van der Waals surface area (Å²) in [6.07, 6.45) is 0. The second-order valence-electron chi connectivity index (χ2n) is 3.58. The van der Waals surface area contributed by atoms with E-state index in [1.54, 1.807) is 0 Å². The minimum absolute atomic E-state index is 0. The van der Waals surface area contributed by atoms with Crippen molar-refractivity contribution in [3.63, 3.8) is 0 Å². The van der Waals surface area contributed by atoms with Crippen molar-refractivity contribution in [1.29, 1.82) is 0 Å². The Morgan fingerprint density at radius 1 is 1.06 bits per heavy atom. The number of hydrogen-bond donors (Lipinski definition) is 1. The third-order valence-electron chi connectivity index (χ3n) is 2.10. The molecule has 0 aliphatic rings. The van der Waals surface area contributed by atoms with Crippen molar-refractivity contribution in [3.8, 4) is 0 Å². The monoisotopic (exact) mass is 268 g/mol. The normalized spacial score (nSPS) is 9.59. The Balaban J connectivity index is 0.00000144. The molecule has 0 aliphatic carbocycles. The Morgan fingerprint density at radius 2 is 1.65 bits per heavy atom. The summed E-state index contributed by atoms with van der Waals surface area (Å²) >= 11 is 6.04. The molecule has 17 heavy (non-hydrogen) atoms. The van der Waals surface area contributed by atoms with Gasteiger partial charge in [-0.25, -0.2) is 9.97 Å². The molecule has 1 heterocycles. The number of hydrogen-bond acceptors (Lipinski definition) is 3. The van der Waals surface area contributed by atoms with Crippen LogP contribution >= 0.6 is 11.6 Å². The zero-order valence-corrected chi connectivity index (χ0v) is 11.0. The van der Waals surface area contributed by atoms with E-state index in [0.29, 0.717) is 11.0 Å². The number of para-hydroxylation sites is 1. The number of aromatic nitrogens is 2. The highest BCUT2D eigenvalue weighted by Gasteiger charge is 2.02. The maximum absolute atomic E-state index is 6.04. The minimum Gasteiger partial charge on any atom is -1.00 e. The van der Waals surface area contributed by atoms with Gasteiger partial charge in [0.15, 0.2) is 0 Å². The fraction of sp³-hybridized carbons (Fsp3) is 0.167. The van der Waals surface area contributed by atoms with Gasteiger partial charge in [0.05, 0.1) is 10.7 Å². The standard InChI is InChI=1S/C12H12ClN3.ClH/c1-8-7-9(2)15-12(14-8)16-11-6-4-3-5-10(11)13;/h3-7H,1-2H3,(H,14,15,16);1H/p-1. The third kappa shape index (κ3) is 3.58. The SMILES string of the molecule is Cc1cc(C)nc(Nc2ccccc2Cl)n1.[Cl-]. The lowest BCUT2D eigenvalue weighted by molar-refractivity contribution is -0.00000355. The van der Waals surface area contributed by atoms with Crippen molar-refractivity contribution in [2.24, 2.45) is 0 Å². The Labute approximate surface area is 112 Å². The largest absolute Gasteiger partial charge is 1.00 e. The van der Waals surface area contributed by atoms with Gasteiger partial charge in [-0.05, 0) is 32.0 Å². The average molecular weight is 269 g/mol. The first-order valence-corrected chi connectivity index (χ1v) is 5.37. The summed E-state index contributed by atoms with van der Waals surface area (Å²) in [6, 6.07) is 9.44. The van der Waals surface area contributed by atoms with Crippen LogP contribution in [0.15, 0.2) is 30.3 Å². The molecule has 0 radical (unpaired) electrons. The van der Waals surface area contributed by atoms with Crippen LogP contribution in [0.2, 0.25) is 5.02 Å². The van der Waals surface area contributed by atoms with Gasteiger partial charge < -0.3 is 17.7 Å². The molecule has 1 N–H and O–H groups in total. The van der Waals surface area contributed by atoms with Gasteiger partial charge >= 0.3 is 0 Å².